The molecule has 2 aromatic rings. The van der Waals surface area contributed by atoms with Gasteiger partial charge in [0.05, 0.1) is 5.69 Å². The molecule has 0 spiro atoms. The smallest absolute Gasteiger partial charge is 0.185 e. The third-order valence-electron chi connectivity index (χ3n) is 2.99. The minimum absolute atomic E-state index is 0. The Bertz CT molecular complexity index is 551. The Labute approximate surface area is 117 Å². The van der Waals surface area contributed by atoms with Crippen LogP contribution >= 0.6 is 23.7 Å². The molecule has 1 aromatic carbocycles. The Kier molecular flexibility index (Phi) is 3.78. The molecule has 3 rings (SSSR count). The van der Waals surface area contributed by atoms with Crippen molar-refractivity contribution in [3.05, 3.63) is 29.1 Å². The predicted octanol–water partition coefficient (Wildman–Crippen LogP) is 3.27. The molecule has 0 atom stereocenters. The summed E-state index contributed by atoms with van der Waals surface area (Å²) in [6.07, 6.45) is 1.13. The van der Waals surface area contributed by atoms with Crippen LogP contribution in [0.2, 0.25) is 0 Å². The fraction of sp³-hybridized carbons (Fsp3) is 0.308. The van der Waals surface area contributed by atoms with E-state index in [1.165, 1.54) is 16.8 Å². The van der Waals surface area contributed by atoms with Gasteiger partial charge >= 0.3 is 0 Å². The van der Waals surface area contributed by atoms with Gasteiger partial charge in [-0.3, -0.25) is 0 Å². The molecule has 0 aliphatic carbocycles. The number of fused-ring (bicyclic) bond motifs is 1. The van der Waals surface area contributed by atoms with E-state index in [4.69, 9.17) is 0 Å². The quantitative estimate of drug-likeness (QED) is 0.916. The molecule has 1 N–H and O–H groups in total. The summed E-state index contributed by atoms with van der Waals surface area (Å²) in [4.78, 5) is 6.66. The van der Waals surface area contributed by atoms with Crippen LogP contribution < -0.4 is 10.2 Å². The van der Waals surface area contributed by atoms with E-state index in [9.17, 15) is 0 Å². The van der Waals surface area contributed by atoms with Gasteiger partial charge in [0, 0.05) is 37.3 Å². The lowest BCUT2D eigenvalue weighted by molar-refractivity contribution is 1.10. The summed E-state index contributed by atoms with van der Waals surface area (Å²) in [5.74, 6) is 0. The molecule has 0 saturated heterocycles. The molecule has 2 heterocycles. The van der Waals surface area contributed by atoms with Gasteiger partial charge in [-0.1, -0.05) is 12.1 Å². The molecular weight excluding hydrogens is 266 g/mol. The fourth-order valence-electron chi connectivity index (χ4n) is 2.05. The van der Waals surface area contributed by atoms with Crippen LogP contribution in [-0.2, 0) is 6.42 Å². The summed E-state index contributed by atoms with van der Waals surface area (Å²) in [5.41, 5.74) is 4.94. The van der Waals surface area contributed by atoms with E-state index in [1.54, 1.807) is 11.3 Å². The van der Waals surface area contributed by atoms with E-state index in [-0.39, 0.29) is 12.4 Å². The molecule has 0 radical (unpaired) electrons. The second kappa shape index (κ2) is 5.16. The molecule has 1 aliphatic rings. The first kappa shape index (κ1) is 13.2. The van der Waals surface area contributed by atoms with Crippen molar-refractivity contribution < 1.29 is 0 Å². The van der Waals surface area contributed by atoms with Gasteiger partial charge in [0.15, 0.2) is 5.13 Å². The van der Waals surface area contributed by atoms with E-state index in [0.717, 1.165) is 23.8 Å². The SMILES string of the molecule is CN(C)c1nc(-c2ccc3c(c2)NCC3)cs1.Cl. The average Bonchev–Trinajstić information content (AvgIpc) is 2.97. The van der Waals surface area contributed by atoms with Crippen LogP contribution in [0.15, 0.2) is 23.6 Å². The number of rotatable bonds is 2. The average molecular weight is 282 g/mol. The van der Waals surface area contributed by atoms with Gasteiger partial charge in [0.2, 0.25) is 0 Å². The third kappa shape index (κ3) is 2.31. The van der Waals surface area contributed by atoms with Crippen molar-refractivity contribution in [3.63, 3.8) is 0 Å². The number of hydrogen-bond donors (Lipinski definition) is 1. The number of anilines is 2. The lowest BCUT2D eigenvalue weighted by Gasteiger charge is -2.06. The molecule has 1 aliphatic heterocycles. The van der Waals surface area contributed by atoms with Gasteiger partial charge in [0.25, 0.3) is 0 Å². The number of benzene rings is 1. The van der Waals surface area contributed by atoms with Crippen LogP contribution in [0.5, 0.6) is 0 Å². The van der Waals surface area contributed by atoms with E-state index in [2.05, 4.69) is 33.9 Å². The summed E-state index contributed by atoms with van der Waals surface area (Å²) in [6, 6.07) is 6.58. The number of hydrogen-bond acceptors (Lipinski definition) is 4. The van der Waals surface area contributed by atoms with Crippen molar-refractivity contribution in [3.8, 4) is 11.3 Å². The first-order valence-corrected chi connectivity index (χ1v) is 6.62. The summed E-state index contributed by atoms with van der Waals surface area (Å²) in [6.45, 7) is 1.05. The molecule has 0 unspecified atom stereocenters. The normalized spacial score (nSPS) is 12.6. The largest absolute Gasteiger partial charge is 0.384 e. The highest BCUT2D eigenvalue weighted by atomic mass is 35.5. The summed E-state index contributed by atoms with van der Waals surface area (Å²) in [7, 11) is 4.04. The second-order valence-corrected chi connectivity index (χ2v) is 5.30. The number of halogens is 1. The standard InChI is InChI=1S/C13H15N3S.ClH/c1-16(2)13-15-12(8-17-13)10-4-3-9-5-6-14-11(9)7-10;/h3-4,7-8,14H,5-6H2,1-2H3;1H. The molecule has 96 valence electrons. The zero-order chi connectivity index (χ0) is 11.8. The van der Waals surface area contributed by atoms with E-state index in [1.807, 2.05) is 19.0 Å². The minimum Gasteiger partial charge on any atom is -0.384 e. The summed E-state index contributed by atoms with van der Waals surface area (Å²) in [5, 5.41) is 6.57. The molecule has 0 saturated carbocycles. The molecule has 0 amide bonds. The van der Waals surface area contributed by atoms with Crippen molar-refractivity contribution in [2.24, 2.45) is 0 Å². The lowest BCUT2D eigenvalue weighted by Crippen LogP contribution is -2.07. The number of nitrogens with one attached hydrogen (secondary N) is 1. The van der Waals surface area contributed by atoms with Gasteiger partial charge < -0.3 is 10.2 Å². The zero-order valence-corrected chi connectivity index (χ0v) is 12.1. The van der Waals surface area contributed by atoms with Gasteiger partial charge in [-0.2, -0.15) is 0 Å². The molecule has 5 heteroatoms. The Morgan fingerprint density at radius 1 is 1.33 bits per heavy atom. The zero-order valence-electron chi connectivity index (χ0n) is 10.4. The summed E-state index contributed by atoms with van der Waals surface area (Å²) < 4.78 is 0. The van der Waals surface area contributed by atoms with Crippen LogP contribution in [0.1, 0.15) is 5.56 Å². The predicted molar refractivity (Wildman–Crippen MR) is 81.3 cm³/mol. The maximum Gasteiger partial charge on any atom is 0.185 e. The Morgan fingerprint density at radius 2 is 2.17 bits per heavy atom. The molecule has 18 heavy (non-hydrogen) atoms. The number of nitrogens with zero attached hydrogens (tertiary/aromatic N) is 2. The molecule has 0 fully saturated rings. The maximum atomic E-state index is 4.62. The summed E-state index contributed by atoms with van der Waals surface area (Å²) >= 11 is 1.68. The number of thiazole rings is 1. The first-order valence-electron chi connectivity index (χ1n) is 5.74. The molecular formula is C13H16ClN3S. The fourth-order valence-corrected chi connectivity index (χ4v) is 2.82. The third-order valence-corrected chi connectivity index (χ3v) is 4.00. The van der Waals surface area contributed by atoms with Crippen LogP contribution in [-0.4, -0.2) is 25.6 Å². The van der Waals surface area contributed by atoms with Crippen LogP contribution in [0, 0.1) is 0 Å². The van der Waals surface area contributed by atoms with E-state index < -0.39 is 0 Å². The lowest BCUT2D eigenvalue weighted by atomic mass is 10.1. The molecule has 1 aromatic heterocycles. The van der Waals surface area contributed by atoms with Gasteiger partial charge in [-0.05, 0) is 18.1 Å². The minimum atomic E-state index is 0. The van der Waals surface area contributed by atoms with Crippen molar-refractivity contribution in [2.75, 3.05) is 30.9 Å². The van der Waals surface area contributed by atoms with Crippen molar-refractivity contribution in [1.29, 1.82) is 0 Å². The highest BCUT2D eigenvalue weighted by molar-refractivity contribution is 7.14. The molecule has 0 bridgehead atoms. The Hall–Kier alpha value is -1.26. The highest BCUT2D eigenvalue weighted by Crippen LogP contribution is 2.31. The van der Waals surface area contributed by atoms with E-state index >= 15 is 0 Å². The monoisotopic (exact) mass is 281 g/mol. The first-order chi connectivity index (χ1) is 8.24. The van der Waals surface area contributed by atoms with Crippen molar-refractivity contribution in [1.82, 2.24) is 4.98 Å². The second-order valence-electron chi connectivity index (χ2n) is 4.46. The van der Waals surface area contributed by atoms with Crippen molar-refractivity contribution >= 4 is 34.6 Å². The maximum absolute atomic E-state index is 4.62. The van der Waals surface area contributed by atoms with Crippen LogP contribution in [0.3, 0.4) is 0 Å². The highest BCUT2D eigenvalue weighted by Gasteiger charge is 2.12. The van der Waals surface area contributed by atoms with Crippen LogP contribution in [0.25, 0.3) is 11.3 Å². The Morgan fingerprint density at radius 3 is 2.89 bits per heavy atom. The van der Waals surface area contributed by atoms with Gasteiger partial charge in [0.1, 0.15) is 0 Å². The van der Waals surface area contributed by atoms with E-state index in [0.29, 0.717) is 0 Å². The van der Waals surface area contributed by atoms with Gasteiger partial charge in [-0.15, -0.1) is 23.7 Å². The van der Waals surface area contributed by atoms with Gasteiger partial charge in [-0.25, -0.2) is 4.98 Å². The van der Waals surface area contributed by atoms with Crippen LogP contribution in [0.4, 0.5) is 10.8 Å². The number of aromatic nitrogens is 1. The molecule has 3 nitrogen and oxygen atoms in total. The Balaban J connectivity index is 0.00000120. The van der Waals surface area contributed by atoms with Crippen molar-refractivity contribution in [2.45, 2.75) is 6.42 Å². The topological polar surface area (TPSA) is 28.2 Å².